The first-order valence-corrected chi connectivity index (χ1v) is 4.46. The number of halogens is 3. The number of hydrogen-bond donors (Lipinski definition) is 0. The standard InChI is InChI=1S/C10H11BF3O.K/c1-8(2)7-15-10-5-3-9(4-6-10)11(12,13)14;/h3-6H,1,7H2,2H3;/q-1;+1. The van der Waals surface area contributed by atoms with Crippen molar-refractivity contribution in [2.45, 2.75) is 6.92 Å². The zero-order valence-corrected chi connectivity index (χ0v) is 12.5. The third-order valence-electron chi connectivity index (χ3n) is 1.74. The van der Waals surface area contributed by atoms with Crippen LogP contribution in [0.4, 0.5) is 12.9 Å². The SMILES string of the molecule is C=C(C)COc1ccc([B-](F)(F)F)cc1.[K+]. The van der Waals surface area contributed by atoms with Gasteiger partial charge in [-0.15, -0.1) is 5.46 Å². The maximum absolute atomic E-state index is 12.2. The maximum atomic E-state index is 12.2. The Morgan fingerprint density at radius 1 is 1.25 bits per heavy atom. The molecule has 0 atom stereocenters. The van der Waals surface area contributed by atoms with Gasteiger partial charge in [-0.25, -0.2) is 0 Å². The summed E-state index contributed by atoms with van der Waals surface area (Å²) in [6, 6.07) is 4.67. The van der Waals surface area contributed by atoms with Crippen LogP contribution in [-0.2, 0) is 0 Å². The third-order valence-corrected chi connectivity index (χ3v) is 1.74. The van der Waals surface area contributed by atoms with Gasteiger partial charge in [0.05, 0.1) is 0 Å². The molecule has 16 heavy (non-hydrogen) atoms. The van der Waals surface area contributed by atoms with E-state index in [4.69, 9.17) is 4.74 Å². The fraction of sp³-hybridized carbons (Fsp3) is 0.200. The minimum Gasteiger partial charge on any atom is -0.489 e. The average molecular weight is 254 g/mol. The Bertz CT molecular complexity index is 348. The molecule has 0 unspecified atom stereocenters. The van der Waals surface area contributed by atoms with E-state index in [0.717, 1.165) is 17.7 Å². The van der Waals surface area contributed by atoms with E-state index in [2.05, 4.69) is 6.58 Å². The van der Waals surface area contributed by atoms with Crippen LogP contribution in [0, 0.1) is 0 Å². The second-order valence-electron chi connectivity index (χ2n) is 3.39. The second-order valence-corrected chi connectivity index (χ2v) is 3.39. The van der Waals surface area contributed by atoms with Crippen LogP contribution in [0.25, 0.3) is 0 Å². The van der Waals surface area contributed by atoms with Crippen LogP contribution in [0.5, 0.6) is 5.75 Å². The molecule has 1 nitrogen and oxygen atoms in total. The van der Waals surface area contributed by atoms with Crippen molar-refractivity contribution in [1.82, 2.24) is 0 Å². The molecule has 6 heteroatoms. The van der Waals surface area contributed by atoms with E-state index >= 15 is 0 Å². The van der Waals surface area contributed by atoms with Gasteiger partial charge in [0.15, 0.2) is 0 Å². The van der Waals surface area contributed by atoms with E-state index in [1.165, 1.54) is 12.1 Å². The second kappa shape index (κ2) is 6.86. The molecule has 0 spiro atoms. The Labute approximate surface area is 136 Å². The topological polar surface area (TPSA) is 9.23 Å². The first-order valence-electron chi connectivity index (χ1n) is 4.46. The van der Waals surface area contributed by atoms with E-state index in [-0.39, 0.29) is 51.4 Å². The molecule has 0 heterocycles. The Balaban J connectivity index is 0.00000225. The predicted octanol–water partition coefficient (Wildman–Crippen LogP) is -0.300. The fourth-order valence-electron chi connectivity index (χ4n) is 0.989. The molecule has 0 aliphatic carbocycles. The summed E-state index contributed by atoms with van der Waals surface area (Å²) in [6.07, 6.45) is 0. The summed E-state index contributed by atoms with van der Waals surface area (Å²) in [5, 5.41) is 0. The van der Waals surface area contributed by atoms with Gasteiger partial charge in [0, 0.05) is 0 Å². The van der Waals surface area contributed by atoms with Crippen molar-refractivity contribution in [2.75, 3.05) is 6.61 Å². The summed E-state index contributed by atoms with van der Waals surface area (Å²) < 4.78 is 41.9. The molecule has 0 fully saturated rings. The van der Waals surface area contributed by atoms with Gasteiger partial charge in [0.2, 0.25) is 0 Å². The number of hydrogen-bond acceptors (Lipinski definition) is 1. The molecular formula is C10H11BF3KO. The number of rotatable bonds is 4. The maximum Gasteiger partial charge on any atom is 1.00 e. The summed E-state index contributed by atoms with van der Waals surface area (Å²) in [4.78, 5) is 0. The molecule has 1 aromatic carbocycles. The van der Waals surface area contributed by atoms with Crippen LogP contribution < -0.4 is 61.6 Å². The average Bonchev–Trinajstić information content (AvgIpc) is 2.14. The summed E-state index contributed by atoms with van der Waals surface area (Å²) in [5.41, 5.74) is 0.205. The van der Waals surface area contributed by atoms with Crippen LogP contribution in [0.1, 0.15) is 6.92 Å². The van der Waals surface area contributed by atoms with Crippen LogP contribution in [0.15, 0.2) is 36.4 Å². The molecule has 0 bridgehead atoms. The molecule has 0 N–H and O–H groups in total. The monoisotopic (exact) mass is 254 g/mol. The zero-order chi connectivity index (χ0) is 11.5. The van der Waals surface area contributed by atoms with Crippen LogP contribution >= 0.6 is 0 Å². The van der Waals surface area contributed by atoms with E-state index in [0.29, 0.717) is 12.4 Å². The van der Waals surface area contributed by atoms with Crippen molar-refractivity contribution in [3.05, 3.63) is 36.4 Å². The quantitative estimate of drug-likeness (QED) is 0.529. The van der Waals surface area contributed by atoms with Crippen molar-refractivity contribution < 1.29 is 69.1 Å². The van der Waals surface area contributed by atoms with Gasteiger partial charge in [-0.2, -0.15) is 0 Å². The van der Waals surface area contributed by atoms with E-state index in [9.17, 15) is 12.9 Å². The Morgan fingerprint density at radius 3 is 2.12 bits per heavy atom. The van der Waals surface area contributed by atoms with Crippen molar-refractivity contribution >= 4 is 12.4 Å². The largest absolute Gasteiger partial charge is 1.00 e. The molecule has 0 radical (unpaired) electrons. The van der Waals surface area contributed by atoms with Gasteiger partial charge in [0.1, 0.15) is 12.4 Å². The zero-order valence-electron chi connectivity index (χ0n) is 9.34. The molecular weight excluding hydrogens is 243 g/mol. The Morgan fingerprint density at radius 2 is 1.75 bits per heavy atom. The van der Waals surface area contributed by atoms with Gasteiger partial charge in [0.25, 0.3) is 0 Å². The molecule has 0 aromatic heterocycles. The predicted molar refractivity (Wildman–Crippen MR) is 55.5 cm³/mol. The van der Waals surface area contributed by atoms with Crippen LogP contribution in [0.3, 0.4) is 0 Å². The summed E-state index contributed by atoms with van der Waals surface area (Å²) in [5.74, 6) is 0.418. The molecule has 0 saturated heterocycles. The molecule has 0 aliphatic rings. The van der Waals surface area contributed by atoms with Gasteiger partial charge >= 0.3 is 58.4 Å². The number of ether oxygens (including phenoxy) is 1. The Kier molecular flexibility index (Phi) is 6.97. The van der Waals surface area contributed by atoms with Crippen molar-refractivity contribution in [2.24, 2.45) is 0 Å². The summed E-state index contributed by atoms with van der Waals surface area (Å²) >= 11 is 0. The first-order chi connectivity index (χ1) is 6.89. The molecule has 1 rings (SSSR count). The van der Waals surface area contributed by atoms with E-state index in [1.54, 1.807) is 6.92 Å². The summed E-state index contributed by atoms with van der Waals surface area (Å²) in [6.45, 7) is 0.808. The van der Waals surface area contributed by atoms with Crippen molar-refractivity contribution in [1.29, 1.82) is 0 Å². The normalized spacial score (nSPS) is 10.5. The van der Waals surface area contributed by atoms with E-state index in [1.807, 2.05) is 0 Å². The van der Waals surface area contributed by atoms with Crippen LogP contribution in [0.2, 0.25) is 0 Å². The van der Waals surface area contributed by atoms with Crippen LogP contribution in [-0.4, -0.2) is 13.6 Å². The van der Waals surface area contributed by atoms with Gasteiger partial charge in [-0.1, -0.05) is 18.7 Å². The smallest absolute Gasteiger partial charge is 0.489 e. The van der Waals surface area contributed by atoms with Crippen molar-refractivity contribution in [3.63, 3.8) is 0 Å². The van der Waals surface area contributed by atoms with Gasteiger partial charge in [-0.3, -0.25) is 0 Å². The molecule has 0 aliphatic heterocycles. The molecule has 1 aromatic rings. The molecule has 82 valence electrons. The third kappa shape index (κ3) is 5.54. The van der Waals surface area contributed by atoms with Gasteiger partial charge < -0.3 is 17.7 Å². The fourth-order valence-corrected chi connectivity index (χ4v) is 0.989. The Hall–Kier alpha value is 0.251. The van der Waals surface area contributed by atoms with Gasteiger partial charge in [-0.05, 0) is 24.6 Å². The first kappa shape index (κ1) is 16.3. The molecule has 0 saturated carbocycles. The minimum absolute atomic E-state index is 0. The minimum atomic E-state index is -4.92. The van der Waals surface area contributed by atoms with E-state index < -0.39 is 12.4 Å². The van der Waals surface area contributed by atoms with Crippen molar-refractivity contribution in [3.8, 4) is 5.75 Å². The molecule has 0 amide bonds. The summed E-state index contributed by atoms with van der Waals surface area (Å²) in [7, 11) is 0. The number of benzene rings is 1.